The molecule has 9 heteroatoms. The molecule has 0 saturated heterocycles. The van der Waals surface area contributed by atoms with Crippen LogP contribution in [0.15, 0.2) is 29.2 Å². The lowest BCUT2D eigenvalue weighted by Crippen LogP contribution is -2.45. The van der Waals surface area contributed by atoms with Crippen molar-refractivity contribution in [3.8, 4) is 0 Å². The number of pyridine rings is 1. The molecule has 0 aliphatic carbocycles. The average molecular weight is 280 g/mol. The van der Waals surface area contributed by atoms with E-state index in [0.717, 1.165) is 4.68 Å². The van der Waals surface area contributed by atoms with Gasteiger partial charge in [-0.25, -0.2) is 14.3 Å². The van der Waals surface area contributed by atoms with E-state index < -0.39 is 36.8 Å². The Labute approximate surface area is 112 Å². The molecule has 106 valence electrons. The summed E-state index contributed by atoms with van der Waals surface area (Å²) in [5, 5.41) is 23.5. The van der Waals surface area contributed by atoms with Crippen LogP contribution in [0.4, 0.5) is 0 Å². The fourth-order valence-electron chi connectivity index (χ4n) is 1.63. The molecule has 0 radical (unpaired) electrons. The summed E-state index contributed by atoms with van der Waals surface area (Å²) < 4.78 is 2.18. The first-order chi connectivity index (χ1) is 9.52. The van der Waals surface area contributed by atoms with Crippen molar-refractivity contribution in [2.75, 3.05) is 6.61 Å². The van der Waals surface area contributed by atoms with E-state index >= 15 is 0 Å². The second kappa shape index (κ2) is 5.53. The van der Waals surface area contributed by atoms with Crippen molar-refractivity contribution in [1.82, 2.24) is 19.5 Å². The van der Waals surface area contributed by atoms with Crippen LogP contribution < -0.4 is 11.0 Å². The maximum Gasteiger partial charge on any atom is 0.350 e. The van der Waals surface area contributed by atoms with Gasteiger partial charge in [-0.15, -0.1) is 5.10 Å². The standard InChI is InChI=1S/C11H12N4O5/c16-6-7(10(18)19)12-9(17)5-15-11(20)14-4-2-1-3-8(14)13-15/h1-4,7,16H,5-6H2,(H,12,17)(H,18,19)/t7-/m0/s1. The molecule has 0 aliphatic heterocycles. The Morgan fingerprint density at radius 2 is 2.15 bits per heavy atom. The highest BCUT2D eigenvalue weighted by Crippen LogP contribution is 1.95. The van der Waals surface area contributed by atoms with Crippen LogP contribution in [0.5, 0.6) is 0 Å². The fourth-order valence-corrected chi connectivity index (χ4v) is 1.63. The van der Waals surface area contributed by atoms with Gasteiger partial charge in [0, 0.05) is 6.20 Å². The number of aliphatic hydroxyl groups excluding tert-OH is 1. The van der Waals surface area contributed by atoms with E-state index in [1.54, 1.807) is 18.2 Å². The van der Waals surface area contributed by atoms with Gasteiger partial charge in [0.05, 0.1) is 6.61 Å². The molecule has 0 aliphatic rings. The number of fused-ring (bicyclic) bond motifs is 1. The van der Waals surface area contributed by atoms with Gasteiger partial charge in [-0.3, -0.25) is 9.20 Å². The maximum absolute atomic E-state index is 11.9. The van der Waals surface area contributed by atoms with E-state index in [-0.39, 0.29) is 0 Å². The number of hydrogen-bond acceptors (Lipinski definition) is 5. The molecule has 2 aromatic heterocycles. The van der Waals surface area contributed by atoms with Crippen molar-refractivity contribution in [3.63, 3.8) is 0 Å². The van der Waals surface area contributed by atoms with Crippen molar-refractivity contribution in [2.45, 2.75) is 12.6 Å². The van der Waals surface area contributed by atoms with Crippen molar-refractivity contribution >= 4 is 17.5 Å². The Morgan fingerprint density at radius 3 is 2.75 bits per heavy atom. The van der Waals surface area contributed by atoms with Crippen LogP contribution in [0.2, 0.25) is 0 Å². The Kier molecular flexibility index (Phi) is 3.80. The molecule has 0 bridgehead atoms. The summed E-state index contributed by atoms with van der Waals surface area (Å²) >= 11 is 0. The predicted octanol–water partition coefficient (Wildman–Crippen LogP) is -1.94. The predicted molar refractivity (Wildman–Crippen MR) is 66.1 cm³/mol. The van der Waals surface area contributed by atoms with Crippen LogP contribution in [0.1, 0.15) is 0 Å². The number of aliphatic hydroxyl groups is 1. The van der Waals surface area contributed by atoms with Gasteiger partial charge in [0.15, 0.2) is 5.65 Å². The topological polar surface area (TPSA) is 126 Å². The quantitative estimate of drug-likeness (QED) is 0.585. The van der Waals surface area contributed by atoms with Crippen LogP contribution >= 0.6 is 0 Å². The molecule has 2 heterocycles. The van der Waals surface area contributed by atoms with Crippen molar-refractivity contribution < 1.29 is 19.8 Å². The third-order valence-corrected chi connectivity index (χ3v) is 2.60. The summed E-state index contributed by atoms with van der Waals surface area (Å²) in [6.45, 7) is -1.16. The Bertz CT molecular complexity index is 704. The first kappa shape index (κ1) is 13.7. The van der Waals surface area contributed by atoms with Crippen LogP contribution in [-0.2, 0) is 16.1 Å². The van der Waals surface area contributed by atoms with Crippen molar-refractivity contribution in [1.29, 1.82) is 0 Å². The van der Waals surface area contributed by atoms with Crippen molar-refractivity contribution in [3.05, 3.63) is 34.9 Å². The van der Waals surface area contributed by atoms with Gasteiger partial charge in [-0.05, 0) is 12.1 Å². The van der Waals surface area contributed by atoms with E-state index in [0.29, 0.717) is 5.65 Å². The van der Waals surface area contributed by atoms with Crippen molar-refractivity contribution in [2.24, 2.45) is 0 Å². The molecule has 0 unspecified atom stereocenters. The third-order valence-electron chi connectivity index (χ3n) is 2.60. The second-order valence-electron chi connectivity index (χ2n) is 4.01. The van der Waals surface area contributed by atoms with E-state index in [4.69, 9.17) is 10.2 Å². The maximum atomic E-state index is 11.9. The summed E-state index contributed by atoms with van der Waals surface area (Å²) in [7, 11) is 0. The highest BCUT2D eigenvalue weighted by atomic mass is 16.4. The highest BCUT2D eigenvalue weighted by molar-refractivity contribution is 5.83. The molecule has 0 aromatic carbocycles. The van der Waals surface area contributed by atoms with Crippen LogP contribution in [-0.4, -0.2) is 48.9 Å². The zero-order valence-electron chi connectivity index (χ0n) is 10.3. The normalized spacial score (nSPS) is 12.2. The Morgan fingerprint density at radius 1 is 1.40 bits per heavy atom. The number of nitrogens with one attached hydrogen (secondary N) is 1. The minimum atomic E-state index is -1.41. The van der Waals surface area contributed by atoms with Gasteiger partial charge in [-0.2, -0.15) is 0 Å². The van der Waals surface area contributed by atoms with Gasteiger partial charge >= 0.3 is 11.7 Å². The third kappa shape index (κ3) is 2.67. The molecule has 20 heavy (non-hydrogen) atoms. The van der Waals surface area contributed by atoms with E-state index in [2.05, 4.69) is 10.4 Å². The van der Waals surface area contributed by atoms with Gasteiger partial charge < -0.3 is 15.5 Å². The number of rotatable bonds is 5. The fraction of sp³-hybridized carbons (Fsp3) is 0.273. The molecule has 3 N–H and O–H groups in total. The van der Waals surface area contributed by atoms with E-state index in [1.165, 1.54) is 10.6 Å². The number of carboxylic acids is 1. The number of aromatic nitrogens is 3. The minimum absolute atomic E-state index is 0.377. The summed E-state index contributed by atoms with van der Waals surface area (Å²) in [5.74, 6) is -2.08. The summed E-state index contributed by atoms with van der Waals surface area (Å²) in [5.41, 5.74) is -0.131. The van der Waals surface area contributed by atoms with Gasteiger partial charge in [0.2, 0.25) is 5.91 Å². The number of carbonyl (C=O) groups is 2. The average Bonchev–Trinajstić information content (AvgIpc) is 2.73. The first-order valence-electron chi connectivity index (χ1n) is 5.70. The second-order valence-corrected chi connectivity index (χ2v) is 4.01. The molecule has 2 aromatic rings. The van der Waals surface area contributed by atoms with Crippen LogP contribution in [0, 0.1) is 0 Å². The Hall–Kier alpha value is -2.68. The van der Waals surface area contributed by atoms with Crippen LogP contribution in [0.25, 0.3) is 5.65 Å². The molecule has 1 amide bonds. The highest BCUT2D eigenvalue weighted by Gasteiger charge is 2.19. The minimum Gasteiger partial charge on any atom is -0.480 e. The SMILES string of the molecule is O=C(Cn1nc2ccccn2c1=O)N[C@@H](CO)C(=O)O. The lowest BCUT2D eigenvalue weighted by Gasteiger charge is -2.10. The number of nitrogens with zero attached hydrogens (tertiary/aromatic N) is 3. The van der Waals surface area contributed by atoms with Gasteiger partial charge in [-0.1, -0.05) is 6.07 Å². The largest absolute Gasteiger partial charge is 0.480 e. The molecule has 0 spiro atoms. The smallest absolute Gasteiger partial charge is 0.350 e. The molecule has 9 nitrogen and oxygen atoms in total. The molecular weight excluding hydrogens is 268 g/mol. The van der Waals surface area contributed by atoms with Gasteiger partial charge in [0.1, 0.15) is 12.6 Å². The van der Waals surface area contributed by atoms with Gasteiger partial charge in [0.25, 0.3) is 0 Å². The lowest BCUT2D eigenvalue weighted by atomic mass is 10.3. The zero-order chi connectivity index (χ0) is 14.7. The van der Waals surface area contributed by atoms with E-state index in [1.807, 2.05) is 0 Å². The van der Waals surface area contributed by atoms with E-state index in [9.17, 15) is 14.4 Å². The first-order valence-corrected chi connectivity index (χ1v) is 5.70. The lowest BCUT2D eigenvalue weighted by molar-refractivity contribution is -0.143. The monoisotopic (exact) mass is 280 g/mol. The number of carbonyl (C=O) groups excluding carboxylic acids is 1. The van der Waals surface area contributed by atoms with Crippen LogP contribution in [0.3, 0.4) is 0 Å². The number of carboxylic acid groups (broad SMARTS) is 1. The summed E-state index contributed by atoms with van der Waals surface area (Å²) in [4.78, 5) is 34.2. The number of amides is 1. The number of aliphatic carboxylic acids is 1. The Balaban J connectivity index is 2.16. The summed E-state index contributed by atoms with van der Waals surface area (Å²) in [6, 6.07) is 3.53. The molecule has 0 fully saturated rings. The molecular formula is C11H12N4O5. The number of hydrogen-bond donors (Lipinski definition) is 3. The zero-order valence-corrected chi connectivity index (χ0v) is 10.3. The molecule has 2 rings (SSSR count). The molecule has 1 atom stereocenters. The summed E-state index contributed by atoms with van der Waals surface area (Å²) in [6.07, 6.45) is 1.51. The molecule has 0 saturated carbocycles.